The molecule has 0 spiro atoms. The van der Waals surface area contributed by atoms with Crippen molar-refractivity contribution >= 4 is 11.9 Å². The van der Waals surface area contributed by atoms with Gasteiger partial charge in [-0.05, 0) is 37.1 Å². The molecule has 0 bridgehead atoms. The van der Waals surface area contributed by atoms with Gasteiger partial charge in [-0.3, -0.25) is 9.69 Å². The smallest absolute Gasteiger partial charge is 0.337 e. The van der Waals surface area contributed by atoms with Gasteiger partial charge in [-0.2, -0.15) is 0 Å². The number of nitrogens with zero attached hydrogens (tertiary/aromatic N) is 1. The lowest BCUT2D eigenvalue weighted by Crippen LogP contribution is -2.35. The lowest BCUT2D eigenvalue weighted by atomic mass is 10.1. The van der Waals surface area contributed by atoms with Gasteiger partial charge in [0, 0.05) is 6.54 Å². The minimum absolute atomic E-state index is 0.365. The number of rotatable bonds is 4. The highest BCUT2D eigenvalue weighted by molar-refractivity contribution is 5.89. The maximum Gasteiger partial charge on any atom is 0.337 e. The van der Waals surface area contributed by atoms with Crippen LogP contribution < -0.4 is 0 Å². The fraction of sp³-hybridized carbons (Fsp3) is 0.429. The normalized spacial score (nSPS) is 19.3. The highest BCUT2D eigenvalue weighted by atomic mass is 16.5. The van der Waals surface area contributed by atoms with Gasteiger partial charge in [0.2, 0.25) is 0 Å². The maximum atomic E-state index is 11.3. The number of carbonyl (C=O) groups excluding carboxylic acids is 1. The highest BCUT2D eigenvalue weighted by Crippen LogP contribution is 2.20. The molecule has 1 aromatic rings. The van der Waals surface area contributed by atoms with E-state index in [0.29, 0.717) is 18.5 Å². The molecule has 0 amide bonds. The molecule has 1 fully saturated rings. The van der Waals surface area contributed by atoms with Crippen LogP contribution in [0.15, 0.2) is 24.3 Å². The number of esters is 1. The van der Waals surface area contributed by atoms with E-state index in [-0.39, 0.29) is 12.0 Å². The summed E-state index contributed by atoms with van der Waals surface area (Å²) in [6.45, 7) is 1.40. The fourth-order valence-electron chi connectivity index (χ4n) is 2.39. The predicted octanol–water partition coefficient (Wildman–Crippen LogP) is 1.52. The fourth-order valence-corrected chi connectivity index (χ4v) is 2.39. The molecule has 1 N–H and O–H groups in total. The summed E-state index contributed by atoms with van der Waals surface area (Å²) in [5.74, 6) is -1.13. The van der Waals surface area contributed by atoms with Crippen LogP contribution in [0.4, 0.5) is 0 Å². The average Bonchev–Trinajstić information content (AvgIpc) is 2.87. The molecule has 2 rings (SSSR count). The zero-order chi connectivity index (χ0) is 13.8. The van der Waals surface area contributed by atoms with Gasteiger partial charge in [-0.1, -0.05) is 12.1 Å². The maximum absolute atomic E-state index is 11.3. The number of ether oxygens (including phenoxy) is 1. The summed E-state index contributed by atoms with van der Waals surface area (Å²) in [7, 11) is 1.35. The van der Waals surface area contributed by atoms with Gasteiger partial charge in [0.25, 0.3) is 0 Å². The van der Waals surface area contributed by atoms with Gasteiger partial charge in [0.05, 0.1) is 12.7 Å². The van der Waals surface area contributed by atoms with Crippen LogP contribution in [0.2, 0.25) is 0 Å². The van der Waals surface area contributed by atoms with Crippen molar-refractivity contribution in [2.24, 2.45) is 0 Å². The molecule has 1 aromatic carbocycles. The predicted molar refractivity (Wildman–Crippen MR) is 68.8 cm³/mol. The molecular formula is C14H17NO4. The van der Waals surface area contributed by atoms with E-state index in [0.717, 1.165) is 18.5 Å². The molecule has 5 heteroatoms. The molecule has 0 unspecified atom stereocenters. The van der Waals surface area contributed by atoms with E-state index in [9.17, 15) is 9.59 Å². The summed E-state index contributed by atoms with van der Waals surface area (Å²) < 4.78 is 4.63. The van der Waals surface area contributed by atoms with Crippen LogP contribution in [0.1, 0.15) is 28.8 Å². The van der Waals surface area contributed by atoms with Crippen molar-refractivity contribution in [3.63, 3.8) is 0 Å². The van der Waals surface area contributed by atoms with Crippen molar-refractivity contribution in [2.45, 2.75) is 25.4 Å². The van der Waals surface area contributed by atoms with Gasteiger partial charge >= 0.3 is 11.9 Å². The monoisotopic (exact) mass is 263 g/mol. The van der Waals surface area contributed by atoms with E-state index < -0.39 is 5.97 Å². The number of benzene rings is 1. The van der Waals surface area contributed by atoms with E-state index in [1.165, 1.54) is 7.11 Å². The number of methoxy groups -OCH3 is 1. The second-order valence-electron chi connectivity index (χ2n) is 4.66. The van der Waals surface area contributed by atoms with Crippen molar-refractivity contribution in [3.8, 4) is 0 Å². The number of aliphatic carboxylic acids is 1. The first-order valence-corrected chi connectivity index (χ1v) is 6.26. The zero-order valence-electron chi connectivity index (χ0n) is 10.8. The van der Waals surface area contributed by atoms with Crippen LogP contribution in [0.5, 0.6) is 0 Å². The molecule has 0 aliphatic carbocycles. The van der Waals surface area contributed by atoms with E-state index in [1.807, 2.05) is 17.0 Å². The van der Waals surface area contributed by atoms with Crippen molar-refractivity contribution in [2.75, 3.05) is 13.7 Å². The summed E-state index contributed by atoms with van der Waals surface area (Å²) in [6.07, 6.45) is 1.62. The Balaban J connectivity index is 2.03. The molecule has 0 radical (unpaired) electrons. The molecule has 1 aliphatic heterocycles. The summed E-state index contributed by atoms with van der Waals surface area (Å²) in [5, 5.41) is 9.11. The van der Waals surface area contributed by atoms with Crippen molar-refractivity contribution in [1.82, 2.24) is 4.90 Å². The van der Waals surface area contributed by atoms with Crippen LogP contribution in [-0.4, -0.2) is 41.6 Å². The van der Waals surface area contributed by atoms with E-state index in [1.54, 1.807) is 12.1 Å². The lowest BCUT2D eigenvalue weighted by molar-refractivity contribution is -0.142. The second-order valence-corrected chi connectivity index (χ2v) is 4.66. The van der Waals surface area contributed by atoms with Crippen LogP contribution in [0.3, 0.4) is 0 Å². The van der Waals surface area contributed by atoms with Crippen LogP contribution in [0.25, 0.3) is 0 Å². The van der Waals surface area contributed by atoms with Gasteiger partial charge in [-0.25, -0.2) is 4.79 Å². The average molecular weight is 263 g/mol. The summed E-state index contributed by atoms with van der Waals surface area (Å²) >= 11 is 0. The molecule has 0 aromatic heterocycles. The van der Waals surface area contributed by atoms with Crippen LogP contribution >= 0.6 is 0 Å². The Hall–Kier alpha value is -1.88. The first-order valence-electron chi connectivity index (χ1n) is 6.26. The molecule has 1 saturated heterocycles. The third kappa shape index (κ3) is 3.12. The molecule has 5 nitrogen and oxygen atoms in total. The largest absolute Gasteiger partial charge is 0.480 e. The highest BCUT2D eigenvalue weighted by Gasteiger charge is 2.30. The molecule has 0 saturated carbocycles. The SMILES string of the molecule is COC(=O)c1ccc(CN2CCC[C@H]2C(=O)O)cc1. The summed E-state index contributed by atoms with van der Waals surface area (Å²) in [5.41, 5.74) is 1.50. The number of hydrogen-bond donors (Lipinski definition) is 1. The first-order chi connectivity index (χ1) is 9.11. The number of carboxylic acids is 1. The Bertz CT molecular complexity index is 469. The number of carboxylic acid groups (broad SMARTS) is 1. The summed E-state index contributed by atoms with van der Waals surface area (Å²) in [4.78, 5) is 24.3. The van der Waals surface area contributed by atoms with E-state index in [2.05, 4.69) is 4.74 Å². The lowest BCUT2D eigenvalue weighted by Gasteiger charge is -2.20. The minimum Gasteiger partial charge on any atom is -0.480 e. The molecule has 1 heterocycles. The number of carbonyl (C=O) groups is 2. The Morgan fingerprint density at radius 2 is 2.05 bits per heavy atom. The molecular weight excluding hydrogens is 246 g/mol. The topological polar surface area (TPSA) is 66.8 Å². The quantitative estimate of drug-likeness (QED) is 0.834. The Morgan fingerprint density at radius 3 is 2.63 bits per heavy atom. The molecule has 1 aliphatic rings. The number of likely N-dealkylation sites (tertiary alicyclic amines) is 1. The van der Waals surface area contributed by atoms with Gasteiger partial charge in [0.15, 0.2) is 0 Å². The molecule has 102 valence electrons. The third-order valence-corrected chi connectivity index (χ3v) is 3.41. The Kier molecular flexibility index (Phi) is 4.16. The number of hydrogen-bond acceptors (Lipinski definition) is 4. The zero-order valence-corrected chi connectivity index (χ0v) is 10.8. The van der Waals surface area contributed by atoms with Crippen LogP contribution in [-0.2, 0) is 16.1 Å². The van der Waals surface area contributed by atoms with Crippen molar-refractivity contribution < 1.29 is 19.4 Å². The standard InChI is InChI=1S/C14H17NO4/c1-19-14(18)11-6-4-10(5-7-11)9-15-8-2-3-12(15)13(16)17/h4-7,12H,2-3,8-9H2,1H3,(H,16,17)/t12-/m0/s1. The van der Waals surface area contributed by atoms with E-state index >= 15 is 0 Å². The minimum atomic E-state index is -0.760. The van der Waals surface area contributed by atoms with Crippen molar-refractivity contribution in [3.05, 3.63) is 35.4 Å². The third-order valence-electron chi connectivity index (χ3n) is 3.41. The van der Waals surface area contributed by atoms with Gasteiger partial charge in [0.1, 0.15) is 6.04 Å². The van der Waals surface area contributed by atoms with Crippen molar-refractivity contribution in [1.29, 1.82) is 0 Å². The van der Waals surface area contributed by atoms with E-state index in [4.69, 9.17) is 5.11 Å². The molecule has 1 atom stereocenters. The second kappa shape index (κ2) is 5.84. The molecule has 19 heavy (non-hydrogen) atoms. The Labute approximate surface area is 111 Å². The summed E-state index contributed by atoms with van der Waals surface area (Å²) in [6, 6.07) is 6.69. The Morgan fingerprint density at radius 1 is 1.37 bits per heavy atom. The van der Waals surface area contributed by atoms with Gasteiger partial charge < -0.3 is 9.84 Å². The van der Waals surface area contributed by atoms with Crippen LogP contribution in [0, 0.1) is 0 Å². The van der Waals surface area contributed by atoms with Gasteiger partial charge in [-0.15, -0.1) is 0 Å². The first kappa shape index (κ1) is 13.5.